The Labute approximate surface area is 115 Å². The van der Waals surface area contributed by atoms with Crippen LogP contribution in [0.25, 0.3) is 11.4 Å². The van der Waals surface area contributed by atoms with Gasteiger partial charge in [-0.15, -0.1) is 0 Å². The minimum atomic E-state index is -2.57. The molecule has 6 heteroatoms. The quantitative estimate of drug-likeness (QED) is 0.808. The van der Waals surface area contributed by atoms with Crippen LogP contribution in [0.3, 0.4) is 0 Å². The van der Waals surface area contributed by atoms with Crippen LogP contribution in [-0.2, 0) is 11.8 Å². The van der Waals surface area contributed by atoms with Crippen LogP contribution in [0.4, 0.5) is 8.78 Å². The molecule has 4 nitrogen and oxygen atoms in total. The third kappa shape index (κ3) is 2.68. The maximum Gasteiger partial charge on any atom is 0.338 e. The highest BCUT2D eigenvalue weighted by atomic mass is 19.3. The second-order valence-corrected chi connectivity index (χ2v) is 4.16. The molecule has 106 valence electrons. The van der Waals surface area contributed by atoms with Crippen molar-refractivity contribution in [3.05, 3.63) is 41.7 Å². The van der Waals surface area contributed by atoms with E-state index in [2.05, 4.69) is 4.98 Å². The van der Waals surface area contributed by atoms with Gasteiger partial charge in [0.15, 0.2) is 0 Å². The molecule has 1 aromatic carbocycles. The summed E-state index contributed by atoms with van der Waals surface area (Å²) in [6.07, 6.45) is -1.42. The topological polar surface area (TPSA) is 44.1 Å². The van der Waals surface area contributed by atoms with E-state index in [1.807, 2.05) is 0 Å². The minimum absolute atomic E-state index is 0.144. The van der Waals surface area contributed by atoms with E-state index in [4.69, 9.17) is 4.74 Å². The minimum Gasteiger partial charge on any atom is -0.462 e. The van der Waals surface area contributed by atoms with E-state index in [0.29, 0.717) is 23.6 Å². The third-order valence-electron chi connectivity index (χ3n) is 2.90. The van der Waals surface area contributed by atoms with Gasteiger partial charge >= 0.3 is 5.97 Å². The van der Waals surface area contributed by atoms with Gasteiger partial charge in [-0.3, -0.25) is 0 Å². The van der Waals surface area contributed by atoms with Crippen LogP contribution in [0.1, 0.15) is 29.4 Å². The predicted molar refractivity (Wildman–Crippen MR) is 69.6 cm³/mol. The molecule has 1 aromatic heterocycles. The first-order chi connectivity index (χ1) is 9.54. The Morgan fingerprint density at radius 3 is 2.50 bits per heavy atom. The number of nitrogens with zero attached hydrogens (tertiary/aromatic N) is 2. The summed E-state index contributed by atoms with van der Waals surface area (Å²) in [5.41, 5.74) is 0.931. The largest absolute Gasteiger partial charge is 0.462 e. The molecule has 0 radical (unpaired) electrons. The van der Waals surface area contributed by atoms with Gasteiger partial charge in [-0.1, -0.05) is 12.1 Å². The van der Waals surface area contributed by atoms with Gasteiger partial charge in [-0.05, 0) is 19.1 Å². The number of carbonyl (C=O) groups excluding carboxylic acids is 1. The van der Waals surface area contributed by atoms with Crippen molar-refractivity contribution < 1.29 is 18.3 Å². The number of aromatic nitrogens is 2. The first kappa shape index (κ1) is 14.2. The lowest BCUT2D eigenvalue weighted by molar-refractivity contribution is 0.0526. The molecule has 0 N–H and O–H groups in total. The van der Waals surface area contributed by atoms with Gasteiger partial charge in [0.05, 0.1) is 18.4 Å². The smallest absolute Gasteiger partial charge is 0.338 e. The highest BCUT2D eigenvalue weighted by Crippen LogP contribution is 2.24. The summed E-state index contributed by atoms with van der Waals surface area (Å²) in [6, 6.07) is 6.49. The molecule has 0 fully saturated rings. The van der Waals surface area contributed by atoms with Crippen LogP contribution in [-0.4, -0.2) is 22.1 Å². The van der Waals surface area contributed by atoms with Gasteiger partial charge in [0.1, 0.15) is 11.5 Å². The average Bonchev–Trinajstić information content (AvgIpc) is 2.81. The molecular formula is C14H14F2N2O2. The fraction of sp³-hybridized carbons (Fsp3) is 0.286. The van der Waals surface area contributed by atoms with Crippen molar-refractivity contribution in [2.45, 2.75) is 13.3 Å². The molecule has 0 aliphatic heterocycles. The molecule has 0 unspecified atom stereocenters. The van der Waals surface area contributed by atoms with Crippen LogP contribution in [0.5, 0.6) is 0 Å². The van der Waals surface area contributed by atoms with E-state index in [1.165, 1.54) is 11.6 Å². The van der Waals surface area contributed by atoms with Gasteiger partial charge in [-0.2, -0.15) is 0 Å². The molecule has 1 heterocycles. The van der Waals surface area contributed by atoms with Crippen LogP contribution in [0.15, 0.2) is 30.5 Å². The Balaban J connectivity index is 2.28. The zero-order valence-corrected chi connectivity index (χ0v) is 11.1. The Bertz CT molecular complexity index is 606. The summed E-state index contributed by atoms with van der Waals surface area (Å²) in [7, 11) is 1.53. The Hall–Kier alpha value is -2.24. The molecule has 0 atom stereocenters. The van der Waals surface area contributed by atoms with Crippen LogP contribution in [0.2, 0.25) is 0 Å². The summed E-state index contributed by atoms with van der Waals surface area (Å²) in [6.45, 7) is 2.03. The third-order valence-corrected chi connectivity index (χ3v) is 2.90. The van der Waals surface area contributed by atoms with Crippen LogP contribution in [0, 0.1) is 0 Å². The van der Waals surface area contributed by atoms with E-state index >= 15 is 0 Å². The SMILES string of the molecule is CCOC(=O)c1ccc(-c2ncc(C(F)F)n2C)cc1. The normalized spacial score (nSPS) is 10.8. The van der Waals surface area contributed by atoms with Gasteiger partial charge in [-0.25, -0.2) is 18.6 Å². The molecule has 0 aliphatic rings. The molecule has 0 amide bonds. The van der Waals surface area contributed by atoms with Crippen molar-refractivity contribution in [1.29, 1.82) is 0 Å². The summed E-state index contributed by atoms with van der Waals surface area (Å²) < 4.78 is 31.6. The van der Waals surface area contributed by atoms with Crippen molar-refractivity contribution >= 4 is 5.97 Å². The zero-order valence-electron chi connectivity index (χ0n) is 11.1. The Kier molecular flexibility index (Phi) is 4.12. The maximum atomic E-state index is 12.7. The fourth-order valence-electron chi connectivity index (χ4n) is 1.86. The molecule has 0 spiro atoms. The van der Waals surface area contributed by atoms with Crippen molar-refractivity contribution in [3.8, 4) is 11.4 Å². The van der Waals surface area contributed by atoms with Crippen molar-refractivity contribution in [2.24, 2.45) is 7.05 Å². The second kappa shape index (κ2) is 5.81. The highest BCUT2D eigenvalue weighted by Gasteiger charge is 2.16. The van der Waals surface area contributed by atoms with E-state index in [1.54, 1.807) is 31.2 Å². The Morgan fingerprint density at radius 2 is 2.00 bits per heavy atom. The van der Waals surface area contributed by atoms with Crippen molar-refractivity contribution in [2.75, 3.05) is 6.61 Å². The monoisotopic (exact) mass is 280 g/mol. The number of imidazole rings is 1. The number of alkyl halides is 2. The number of hydrogen-bond acceptors (Lipinski definition) is 3. The number of halogens is 2. The molecule has 2 rings (SSSR count). The zero-order chi connectivity index (χ0) is 14.7. The molecule has 0 saturated heterocycles. The molecule has 0 saturated carbocycles. The van der Waals surface area contributed by atoms with Gasteiger partial charge < -0.3 is 9.30 Å². The second-order valence-electron chi connectivity index (χ2n) is 4.16. The van der Waals surface area contributed by atoms with Crippen molar-refractivity contribution in [1.82, 2.24) is 9.55 Å². The van der Waals surface area contributed by atoms with Gasteiger partial charge in [0, 0.05) is 12.6 Å². The number of carbonyl (C=O) groups is 1. The number of esters is 1. The fourth-order valence-corrected chi connectivity index (χ4v) is 1.86. The first-order valence-corrected chi connectivity index (χ1v) is 6.12. The predicted octanol–water partition coefficient (Wildman–Crippen LogP) is 3.20. The van der Waals surface area contributed by atoms with E-state index in [0.717, 1.165) is 6.20 Å². The lowest BCUT2D eigenvalue weighted by atomic mass is 10.1. The molecular weight excluding hydrogens is 266 g/mol. The van der Waals surface area contributed by atoms with Crippen molar-refractivity contribution in [3.63, 3.8) is 0 Å². The highest BCUT2D eigenvalue weighted by molar-refractivity contribution is 5.89. The maximum absolute atomic E-state index is 12.7. The summed E-state index contributed by atoms with van der Waals surface area (Å²) in [5.74, 6) is 0.0165. The number of hydrogen-bond donors (Lipinski definition) is 0. The summed E-state index contributed by atoms with van der Waals surface area (Å²) >= 11 is 0. The van der Waals surface area contributed by atoms with E-state index in [-0.39, 0.29) is 5.69 Å². The first-order valence-electron chi connectivity index (χ1n) is 6.12. The van der Waals surface area contributed by atoms with Crippen LogP contribution >= 0.6 is 0 Å². The van der Waals surface area contributed by atoms with E-state index in [9.17, 15) is 13.6 Å². The van der Waals surface area contributed by atoms with E-state index < -0.39 is 12.4 Å². The number of ether oxygens (including phenoxy) is 1. The molecule has 2 aromatic rings. The van der Waals surface area contributed by atoms with Crippen LogP contribution < -0.4 is 0 Å². The lowest BCUT2D eigenvalue weighted by Crippen LogP contribution is -2.04. The average molecular weight is 280 g/mol. The Morgan fingerprint density at radius 1 is 1.35 bits per heavy atom. The molecule has 0 bridgehead atoms. The van der Waals surface area contributed by atoms with Gasteiger partial charge in [0.25, 0.3) is 6.43 Å². The standard InChI is InChI=1S/C14H14F2N2O2/c1-3-20-14(19)10-6-4-9(5-7-10)13-17-8-11(12(15)16)18(13)2/h4-8,12H,3H2,1-2H3. The number of rotatable bonds is 4. The summed E-state index contributed by atoms with van der Waals surface area (Å²) in [4.78, 5) is 15.5. The lowest BCUT2D eigenvalue weighted by Gasteiger charge is -2.06. The summed E-state index contributed by atoms with van der Waals surface area (Å²) in [5, 5.41) is 0. The molecule has 0 aliphatic carbocycles. The molecule has 20 heavy (non-hydrogen) atoms. The van der Waals surface area contributed by atoms with Gasteiger partial charge in [0.2, 0.25) is 0 Å². The number of benzene rings is 1.